The van der Waals surface area contributed by atoms with E-state index in [1.54, 1.807) is 24.2 Å². The minimum absolute atomic E-state index is 0.00245. The van der Waals surface area contributed by atoms with E-state index in [0.29, 0.717) is 13.1 Å². The number of aromatic nitrogens is 2. The summed E-state index contributed by atoms with van der Waals surface area (Å²) in [5.41, 5.74) is 0. The van der Waals surface area contributed by atoms with E-state index in [-0.39, 0.29) is 17.7 Å². The molecule has 0 bridgehead atoms. The van der Waals surface area contributed by atoms with Gasteiger partial charge >= 0.3 is 0 Å². The summed E-state index contributed by atoms with van der Waals surface area (Å²) in [5.74, 6) is 0.677. The van der Waals surface area contributed by atoms with Crippen LogP contribution in [0.4, 0.5) is 0 Å². The molecule has 1 saturated heterocycles. The van der Waals surface area contributed by atoms with Crippen molar-refractivity contribution in [3.8, 4) is 0 Å². The summed E-state index contributed by atoms with van der Waals surface area (Å²) < 4.78 is 0. The van der Waals surface area contributed by atoms with Crippen molar-refractivity contribution in [1.29, 1.82) is 0 Å². The van der Waals surface area contributed by atoms with Gasteiger partial charge in [-0.3, -0.25) is 9.59 Å². The molecule has 0 aromatic carbocycles. The molecule has 0 radical (unpaired) electrons. The van der Waals surface area contributed by atoms with E-state index in [2.05, 4.69) is 15.3 Å². The summed E-state index contributed by atoms with van der Waals surface area (Å²) in [4.78, 5) is 32.0. The lowest BCUT2D eigenvalue weighted by molar-refractivity contribution is -0.134. The molecule has 2 heterocycles. The lowest BCUT2D eigenvalue weighted by Gasteiger charge is -2.31. The molecule has 0 aliphatic carbocycles. The number of imidazole rings is 1. The van der Waals surface area contributed by atoms with Gasteiger partial charge in [-0.2, -0.15) is 0 Å². The normalized spacial score (nSPS) is 19.6. The Balaban J connectivity index is 1.83. The van der Waals surface area contributed by atoms with E-state index >= 15 is 0 Å². The molecule has 0 saturated carbocycles. The molecule has 1 atom stereocenters. The van der Waals surface area contributed by atoms with Crippen molar-refractivity contribution in [1.82, 2.24) is 20.2 Å². The molecular weight excluding hydrogens is 232 g/mol. The van der Waals surface area contributed by atoms with Crippen LogP contribution in [0.5, 0.6) is 0 Å². The third-order valence-electron chi connectivity index (χ3n) is 3.22. The van der Waals surface area contributed by atoms with Gasteiger partial charge < -0.3 is 15.2 Å². The standard InChI is InChI=1S/C12H18N4O2/c1-9(17)16-6-2-3-10(8-16)12(18)15-7-11-13-4-5-14-11/h4-5,10H,2-3,6-8H2,1H3,(H,13,14)(H,15,18). The first-order valence-corrected chi connectivity index (χ1v) is 6.18. The van der Waals surface area contributed by atoms with Gasteiger partial charge in [-0.05, 0) is 12.8 Å². The molecule has 1 fully saturated rings. The smallest absolute Gasteiger partial charge is 0.225 e. The highest BCUT2D eigenvalue weighted by Crippen LogP contribution is 2.16. The monoisotopic (exact) mass is 250 g/mol. The van der Waals surface area contributed by atoms with Crippen LogP contribution in [0.3, 0.4) is 0 Å². The third kappa shape index (κ3) is 3.09. The lowest BCUT2D eigenvalue weighted by Crippen LogP contribution is -2.44. The van der Waals surface area contributed by atoms with Crippen molar-refractivity contribution >= 4 is 11.8 Å². The van der Waals surface area contributed by atoms with Crippen LogP contribution in [-0.2, 0) is 16.1 Å². The van der Waals surface area contributed by atoms with Crippen molar-refractivity contribution in [3.05, 3.63) is 18.2 Å². The first kappa shape index (κ1) is 12.6. The second kappa shape index (κ2) is 5.66. The SMILES string of the molecule is CC(=O)N1CCCC(C(=O)NCc2ncc[nH]2)C1. The molecular formula is C12H18N4O2. The van der Waals surface area contributed by atoms with E-state index in [9.17, 15) is 9.59 Å². The molecule has 1 aliphatic rings. The van der Waals surface area contributed by atoms with Gasteiger partial charge in [0.25, 0.3) is 0 Å². The van der Waals surface area contributed by atoms with Gasteiger partial charge in [-0.1, -0.05) is 0 Å². The summed E-state index contributed by atoms with van der Waals surface area (Å²) >= 11 is 0. The van der Waals surface area contributed by atoms with Gasteiger partial charge in [-0.15, -0.1) is 0 Å². The third-order valence-corrected chi connectivity index (χ3v) is 3.22. The molecule has 1 aromatic rings. The molecule has 2 N–H and O–H groups in total. The number of hydrogen-bond acceptors (Lipinski definition) is 3. The van der Waals surface area contributed by atoms with Crippen molar-refractivity contribution in [2.45, 2.75) is 26.3 Å². The summed E-state index contributed by atoms with van der Waals surface area (Å²) in [6.45, 7) is 3.24. The largest absolute Gasteiger partial charge is 0.349 e. The molecule has 18 heavy (non-hydrogen) atoms. The van der Waals surface area contributed by atoms with E-state index in [4.69, 9.17) is 0 Å². The Hall–Kier alpha value is -1.85. The number of likely N-dealkylation sites (tertiary alicyclic amines) is 1. The quantitative estimate of drug-likeness (QED) is 0.809. The van der Waals surface area contributed by atoms with Crippen LogP contribution in [0, 0.1) is 5.92 Å². The molecule has 6 heteroatoms. The van der Waals surface area contributed by atoms with Gasteiger partial charge in [0, 0.05) is 32.4 Å². The highest BCUT2D eigenvalue weighted by atomic mass is 16.2. The number of nitrogens with zero attached hydrogens (tertiary/aromatic N) is 2. The minimum Gasteiger partial charge on any atom is -0.349 e. The number of aromatic amines is 1. The Bertz CT molecular complexity index is 416. The Morgan fingerprint density at radius 2 is 2.44 bits per heavy atom. The first-order chi connectivity index (χ1) is 8.66. The molecule has 2 amide bonds. The second-order valence-electron chi connectivity index (χ2n) is 4.56. The van der Waals surface area contributed by atoms with Crippen LogP contribution in [0.25, 0.3) is 0 Å². The zero-order chi connectivity index (χ0) is 13.0. The maximum atomic E-state index is 12.0. The van der Waals surface area contributed by atoms with Crippen LogP contribution >= 0.6 is 0 Å². The maximum Gasteiger partial charge on any atom is 0.225 e. The fraction of sp³-hybridized carbons (Fsp3) is 0.583. The van der Waals surface area contributed by atoms with Gasteiger partial charge in [0.05, 0.1) is 12.5 Å². The zero-order valence-electron chi connectivity index (χ0n) is 10.5. The van der Waals surface area contributed by atoms with E-state index in [1.165, 1.54) is 0 Å². The highest BCUT2D eigenvalue weighted by Gasteiger charge is 2.26. The summed E-state index contributed by atoms with van der Waals surface area (Å²) in [6.07, 6.45) is 5.10. The first-order valence-electron chi connectivity index (χ1n) is 6.18. The Labute approximate surface area is 106 Å². The second-order valence-corrected chi connectivity index (χ2v) is 4.56. The van der Waals surface area contributed by atoms with Crippen molar-refractivity contribution in [3.63, 3.8) is 0 Å². The number of piperidine rings is 1. The molecule has 1 aromatic heterocycles. The lowest BCUT2D eigenvalue weighted by atomic mass is 9.97. The topological polar surface area (TPSA) is 78.1 Å². The van der Waals surface area contributed by atoms with Crippen LogP contribution in [0.1, 0.15) is 25.6 Å². The summed E-state index contributed by atoms with van der Waals surface area (Å²) in [7, 11) is 0. The van der Waals surface area contributed by atoms with Gasteiger partial charge in [-0.25, -0.2) is 4.98 Å². The molecule has 6 nitrogen and oxygen atoms in total. The summed E-state index contributed by atoms with van der Waals surface area (Å²) in [5, 5.41) is 2.84. The van der Waals surface area contributed by atoms with Crippen molar-refractivity contribution in [2.24, 2.45) is 5.92 Å². The Morgan fingerprint density at radius 3 is 3.11 bits per heavy atom. The van der Waals surface area contributed by atoms with Crippen LogP contribution in [-0.4, -0.2) is 39.8 Å². The number of H-pyrrole nitrogens is 1. The number of hydrogen-bond donors (Lipinski definition) is 2. The van der Waals surface area contributed by atoms with Crippen LogP contribution in [0.2, 0.25) is 0 Å². The molecule has 0 spiro atoms. The molecule has 98 valence electrons. The van der Waals surface area contributed by atoms with Gasteiger partial charge in [0.15, 0.2) is 0 Å². The van der Waals surface area contributed by atoms with Gasteiger partial charge in [0.1, 0.15) is 5.82 Å². The van der Waals surface area contributed by atoms with Crippen molar-refractivity contribution in [2.75, 3.05) is 13.1 Å². The Morgan fingerprint density at radius 1 is 1.61 bits per heavy atom. The van der Waals surface area contributed by atoms with Crippen LogP contribution < -0.4 is 5.32 Å². The summed E-state index contributed by atoms with van der Waals surface area (Å²) in [6, 6.07) is 0. The van der Waals surface area contributed by atoms with E-state index in [0.717, 1.165) is 25.2 Å². The highest BCUT2D eigenvalue weighted by molar-refractivity contribution is 5.80. The Kier molecular flexibility index (Phi) is 3.96. The molecule has 1 unspecified atom stereocenters. The molecule has 2 rings (SSSR count). The minimum atomic E-state index is -0.0994. The van der Waals surface area contributed by atoms with Crippen LogP contribution in [0.15, 0.2) is 12.4 Å². The predicted octanol–water partition coefficient (Wildman–Crippen LogP) is 0.284. The fourth-order valence-electron chi connectivity index (χ4n) is 2.19. The predicted molar refractivity (Wildman–Crippen MR) is 65.4 cm³/mol. The number of carbonyl (C=O) groups excluding carboxylic acids is 2. The average molecular weight is 250 g/mol. The zero-order valence-corrected chi connectivity index (χ0v) is 10.5. The number of nitrogens with one attached hydrogen (secondary N) is 2. The average Bonchev–Trinajstić information content (AvgIpc) is 2.89. The fourth-order valence-corrected chi connectivity index (χ4v) is 2.19. The molecule has 1 aliphatic heterocycles. The maximum absolute atomic E-state index is 12.0. The van der Waals surface area contributed by atoms with E-state index in [1.807, 2.05) is 0 Å². The van der Waals surface area contributed by atoms with Crippen molar-refractivity contribution < 1.29 is 9.59 Å². The number of carbonyl (C=O) groups is 2. The number of rotatable bonds is 3. The van der Waals surface area contributed by atoms with Gasteiger partial charge in [0.2, 0.25) is 11.8 Å². The van der Waals surface area contributed by atoms with E-state index < -0.39 is 0 Å². The number of amides is 2.